The number of carboxylic acids is 1. The number of ketones is 1. The summed E-state index contributed by atoms with van der Waals surface area (Å²) in [6.45, 7) is 6.16. The second kappa shape index (κ2) is 8.33. The number of ether oxygens (including phenoxy) is 2. The van der Waals surface area contributed by atoms with Gasteiger partial charge in [0.05, 0.1) is 12.8 Å². The summed E-state index contributed by atoms with van der Waals surface area (Å²) in [5, 5.41) is 13.1. The number of carbonyl (C=O) groups is 2. The Hall–Kier alpha value is -3.09. The summed E-state index contributed by atoms with van der Waals surface area (Å²) in [6, 6.07) is 4.62. The molecule has 1 heterocycles. The lowest BCUT2D eigenvalue weighted by atomic mass is 10.1. The molecule has 0 bridgehead atoms. The Morgan fingerprint density at radius 1 is 1.27 bits per heavy atom. The van der Waals surface area contributed by atoms with Gasteiger partial charge in [0.1, 0.15) is 0 Å². The molecule has 7 heteroatoms. The fourth-order valence-electron chi connectivity index (χ4n) is 2.59. The molecule has 1 N–H and O–H groups in total. The van der Waals surface area contributed by atoms with Gasteiger partial charge in [-0.15, -0.1) is 0 Å². The molecule has 26 heavy (non-hydrogen) atoms. The van der Waals surface area contributed by atoms with E-state index in [2.05, 4.69) is 5.10 Å². The fraction of sp³-hybridized carbons (Fsp3) is 0.316. The predicted molar refractivity (Wildman–Crippen MR) is 96.9 cm³/mol. The van der Waals surface area contributed by atoms with Crippen LogP contribution >= 0.6 is 0 Å². The van der Waals surface area contributed by atoms with Crippen molar-refractivity contribution in [1.82, 2.24) is 9.78 Å². The lowest BCUT2D eigenvalue weighted by Crippen LogP contribution is -2.10. The molecular formula is C19H22N2O5. The van der Waals surface area contributed by atoms with Crippen molar-refractivity contribution in [2.45, 2.75) is 27.3 Å². The summed E-state index contributed by atoms with van der Waals surface area (Å²) < 4.78 is 12.2. The van der Waals surface area contributed by atoms with Crippen molar-refractivity contribution in [2.75, 3.05) is 13.7 Å². The van der Waals surface area contributed by atoms with Crippen LogP contribution in [-0.2, 0) is 11.3 Å². The molecule has 0 radical (unpaired) electrons. The van der Waals surface area contributed by atoms with E-state index in [1.54, 1.807) is 12.1 Å². The van der Waals surface area contributed by atoms with Crippen LogP contribution in [0.3, 0.4) is 0 Å². The standard InChI is InChI=1S/C19H22N2O5/c1-5-21-13(3)15(12(2)20-21)7-8-16(22)14-6-9-17(18(10-14)25-4)26-11-19(23)24/h6-10H,5,11H2,1-4H3,(H,23,24)/b8-7+. The molecule has 1 aromatic carbocycles. The van der Waals surface area contributed by atoms with E-state index in [-0.39, 0.29) is 11.5 Å². The molecule has 0 atom stereocenters. The third-order valence-corrected chi connectivity index (χ3v) is 3.94. The minimum absolute atomic E-state index is 0.198. The van der Waals surface area contributed by atoms with Crippen molar-refractivity contribution in [3.63, 3.8) is 0 Å². The highest BCUT2D eigenvalue weighted by Crippen LogP contribution is 2.28. The van der Waals surface area contributed by atoms with Crippen molar-refractivity contribution < 1.29 is 24.2 Å². The van der Waals surface area contributed by atoms with Crippen LogP contribution in [0.15, 0.2) is 24.3 Å². The number of carboxylic acid groups (broad SMARTS) is 1. The van der Waals surface area contributed by atoms with E-state index >= 15 is 0 Å². The summed E-state index contributed by atoms with van der Waals surface area (Å²) in [7, 11) is 1.43. The second-order valence-corrected chi connectivity index (χ2v) is 5.65. The van der Waals surface area contributed by atoms with Crippen LogP contribution in [0.2, 0.25) is 0 Å². The zero-order valence-electron chi connectivity index (χ0n) is 15.3. The number of benzene rings is 1. The quantitative estimate of drug-likeness (QED) is 0.576. The van der Waals surface area contributed by atoms with Gasteiger partial charge in [0, 0.05) is 23.4 Å². The number of rotatable bonds is 8. The molecule has 0 saturated carbocycles. The summed E-state index contributed by atoms with van der Waals surface area (Å²) in [5.74, 6) is -0.715. The first-order valence-corrected chi connectivity index (χ1v) is 8.16. The molecule has 0 amide bonds. The third-order valence-electron chi connectivity index (χ3n) is 3.94. The van der Waals surface area contributed by atoms with Crippen LogP contribution in [0.4, 0.5) is 0 Å². The lowest BCUT2D eigenvalue weighted by Gasteiger charge is -2.09. The Bertz CT molecular complexity index is 852. The number of allylic oxidation sites excluding steroid dienone is 1. The summed E-state index contributed by atoms with van der Waals surface area (Å²) in [4.78, 5) is 23.1. The van der Waals surface area contributed by atoms with Gasteiger partial charge >= 0.3 is 5.97 Å². The molecule has 1 aromatic heterocycles. The number of aliphatic carboxylic acids is 1. The average Bonchev–Trinajstić information content (AvgIpc) is 2.90. The van der Waals surface area contributed by atoms with Gasteiger partial charge < -0.3 is 14.6 Å². The molecule has 0 aliphatic carbocycles. The van der Waals surface area contributed by atoms with E-state index in [0.29, 0.717) is 11.3 Å². The van der Waals surface area contributed by atoms with E-state index in [4.69, 9.17) is 14.6 Å². The SMILES string of the molecule is CCn1nc(C)c(/C=C/C(=O)c2ccc(OCC(=O)O)c(OC)c2)c1C. The number of hydrogen-bond donors (Lipinski definition) is 1. The van der Waals surface area contributed by atoms with Gasteiger partial charge in [0.2, 0.25) is 0 Å². The minimum atomic E-state index is -1.09. The van der Waals surface area contributed by atoms with Crippen molar-refractivity contribution in [2.24, 2.45) is 0 Å². The van der Waals surface area contributed by atoms with Gasteiger partial charge in [-0.3, -0.25) is 9.48 Å². The van der Waals surface area contributed by atoms with Gasteiger partial charge in [0.25, 0.3) is 0 Å². The maximum atomic E-state index is 12.5. The lowest BCUT2D eigenvalue weighted by molar-refractivity contribution is -0.139. The first-order chi connectivity index (χ1) is 12.4. The zero-order valence-corrected chi connectivity index (χ0v) is 15.3. The zero-order chi connectivity index (χ0) is 19.3. The molecule has 7 nitrogen and oxygen atoms in total. The highest BCUT2D eigenvalue weighted by Gasteiger charge is 2.12. The van der Waals surface area contributed by atoms with Crippen LogP contribution in [0, 0.1) is 13.8 Å². The van der Waals surface area contributed by atoms with Gasteiger partial charge in [-0.1, -0.05) is 0 Å². The summed E-state index contributed by atoms with van der Waals surface area (Å²) in [5.41, 5.74) is 3.21. The Morgan fingerprint density at radius 3 is 2.58 bits per heavy atom. The van der Waals surface area contributed by atoms with Crippen molar-refractivity contribution in [3.8, 4) is 11.5 Å². The molecular weight excluding hydrogens is 336 g/mol. The van der Waals surface area contributed by atoms with Crippen molar-refractivity contribution in [3.05, 3.63) is 46.8 Å². The van der Waals surface area contributed by atoms with Crippen LogP contribution in [0.5, 0.6) is 11.5 Å². The average molecular weight is 358 g/mol. The maximum Gasteiger partial charge on any atom is 0.341 e. The van der Waals surface area contributed by atoms with Crippen LogP contribution < -0.4 is 9.47 Å². The smallest absolute Gasteiger partial charge is 0.341 e. The number of aromatic nitrogens is 2. The van der Waals surface area contributed by atoms with Gasteiger partial charge in [-0.05, 0) is 51.1 Å². The number of carbonyl (C=O) groups excluding carboxylic acids is 1. The molecule has 2 rings (SSSR count). The minimum Gasteiger partial charge on any atom is -0.493 e. The van der Waals surface area contributed by atoms with Gasteiger partial charge in [-0.2, -0.15) is 5.10 Å². The molecule has 2 aromatic rings. The van der Waals surface area contributed by atoms with E-state index in [1.165, 1.54) is 25.3 Å². The third kappa shape index (κ3) is 4.30. The second-order valence-electron chi connectivity index (χ2n) is 5.65. The van der Waals surface area contributed by atoms with Crippen molar-refractivity contribution >= 4 is 17.8 Å². The molecule has 0 saturated heterocycles. The van der Waals surface area contributed by atoms with Gasteiger partial charge in [-0.25, -0.2) is 4.79 Å². The monoisotopic (exact) mass is 358 g/mol. The first-order valence-electron chi connectivity index (χ1n) is 8.16. The number of nitrogens with zero attached hydrogens (tertiary/aromatic N) is 2. The van der Waals surface area contributed by atoms with Crippen LogP contribution in [0.25, 0.3) is 6.08 Å². The highest BCUT2D eigenvalue weighted by molar-refractivity contribution is 6.07. The molecule has 0 aliphatic heterocycles. The van der Waals surface area contributed by atoms with Crippen molar-refractivity contribution in [1.29, 1.82) is 0 Å². The van der Waals surface area contributed by atoms with E-state index in [1.807, 2.05) is 25.5 Å². The summed E-state index contributed by atoms with van der Waals surface area (Å²) >= 11 is 0. The number of methoxy groups -OCH3 is 1. The number of aryl methyl sites for hydroxylation is 2. The first kappa shape index (κ1) is 19.2. The Morgan fingerprint density at radius 2 is 2.00 bits per heavy atom. The largest absolute Gasteiger partial charge is 0.493 e. The summed E-state index contributed by atoms with van der Waals surface area (Å²) in [6.07, 6.45) is 3.25. The predicted octanol–water partition coefficient (Wildman–Crippen LogP) is 2.89. The maximum absolute atomic E-state index is 12.5. The Kier molecular flexibility index (Phi) is 6.16. The Balaban J connectivity index is 2.22. The molecule has 0 unspecified atom stereocenters. The van der Waals surface area contributed by atoms with E-state index in [0.717, 1.165) is 23.5 Å². The van der Waals surface area contributed by atoms with E-state index in [9.17, 15) is 9.59 Å². The molecule has 138 valence electrons. The van der Waals surface area contributed by atoms with E-state index < -0.39 is 12.6 Å². The fourth-order valence-corrected chi connectivity index (χ4v) is 2.59. The molecule has 0 spiro atoms. The molecule has 0 aliphatic rings. The molecule has 0 fully saturated rings. The van der Waals surface area contributed by atoms with Crippen LogP contribution in [-0.4, -0.2) is 40.4 Å². The van der Waals surface area contributed by atoms with Crippen LogP contribution in [0.1, 0.15) is 34.2 Å². The highest BCUT2D eigenvalue weighted by atomic mass is 16.5. The topological polar surface area (TPSA) is 90.7 Å². The van der Waals surface area contributed by atoms with Gasteiger partial charge in [0.15, 0.2) is 23.9 Å². The normalized spacial score (nSPS) is 10.9. The Labute approximate surface area is 151 Å². The number of hydrogen-bond acceptors (Lipinski definition) is 5.